The first kappa shape index (κ1) is 25.5. The summed E-state index contributed by atoms with van der Waals surface area (Å²) in [5, 5.41) is 1.09. The molecule has 0 aliphatic heterocycles. The van der Waals surface area contributed by atoms with Crippen molar-refractivity contribution < 1.29 is 17.7 Å². The normalized spacial score (nSPS) is 11.8. The first-order chi connectivity index (χ1) is 16.9. The second-order valence-corrected chi connectivity index (χ2v) is 8.40. The fraction of sp³-hybridized carbons (Fsp3) is 0.0769. The number of rotatable bonds is 6. The molecule has 2 heterocycles. The predicted octanol–water partition coefficient (Wildman–Crippen LogP) is 5.53. The van der Waals surface area contributed by atoms with Gasteiger partial charge in [0, 0.05) is 30.0 Å². The lowest BCUT2D eigenvalue weighted by atomic mass is 10.0. The van der Waals surface area contributed by atoms with Gasteiger partial charge in [-0.15, -0.1) is 0 Å². The highest BCUT2D eigenvalue weighted by molar-refractivity contribution is 7.86. The number of nitrogens with one attached hydrogen (secondary N) is 1. The molecule has 9 heteroatoms. The number of hydrogen-bond acceptors (Lipinski definition) is 5. The second kappa shape index (κ2) is 11.8. The Kier molecular flexibility index (Phi) is 8.63. The van der Waals surface area contributed by atoms with Gasteiger partial charge in [-0.25, -0.2) is 18.0 Å². The fourth-order valence-electron chi connectivity index (χ4n) is 3.19. The van der Waals surface area contributed by atoms with Crippen LogP contribution in [0.15, 0.2) is 90.7 Å². The van der Waals surface area contributed by atoms with Crippen molar-refractivity contribution >= 4 is 33.1 Å². The quantitative estimate of drug-likeness (QED) is 0.344. The molecule has 2 aromatic carbocycles. The molecule has 6 nitrogen and oxygen atoms in total. The van der Waals surface area contributed by atoms with Crippen LogP contribution >= 0.6 is 0 Å². The number of aromatic nitrogens is 2. The largest absolute Gasteiger partial charge is 0.480 e. The third kappa shape index (κ3) is 6.27. The molecule has 35 heavy (non-hydrogen) atoms. The van der Waals surface area contributed by atoms with Crippen molar-refractivity contribution in [2.75, 3.05) is 11.8 Å². The van der Waals surface area contributed by atoms with Crippen LogP contribution in [0.3, 0.4) is 0 Å². The van der Waals surface area contributed by atoms with E-state index in [2.05, 4.69) is 21.3 Å². The number of pyridine rings is 2. The van der Waals surface area contributed by atoms with Crippen LogP contribution in [0.5, 0.6) is 5.88 Å². The first-order valence-corrected chi connectivity index (χ1v) is 11.6. The third-order valence-electron chi connectivity index (χ3n) is 4.84. The molecule has 180 valence electrons. The van der Waals surface area contributed by atoms with Gasteiger partial charge >= 0.3 is 0 Å². The standard InChI is InChI=1S/C13H12F2N2O2S.C13H12N2/c1-8-5-11(13(19-2)16-7-8)17-20(18)12-4-3-9(14)6-10(12)15;1-2-10(9-14)11-7-8-15-13-6-4-3-5-12(11)13/h3-7,17H,1-2H3;2-9H,1,14H2/b;10-9+. The second-order valence-electron chi connectivity index (χ2n) is 7.22. The Balaban J connectivity index is 0.000000203. The van der Waals surface area contributed by atoms with Crippen molar-refractivity contribution in [3.05, 3.63) is 109 Å². The summed E-state index contributed by atoms with van der Waals surface area (Å²) < 4.78 is 46.1. The van der Waals surface area contributed by atoms with Gasteiger partial charge in [0.1, 0.15) is 17.3 Å². The van der Waals surface area contributed by atoms with Crippen molar-refractivity contribution in [2.24, 2.45) is 5.73 Å². The Morgan fingerprint density at radius 2 is 1.91 bits per heavy atom. The zero-order valence-electron chi connectivity index (χ0n) is 19.2. The van der Waals surface area contributed by atoms with Gasteiger partial charge in [-0.2, -0.15) is 0 Å². The molecule has 2 aromatic heterocycles. The number of aryl methyl sites for hydroxylation is 1. The van der Waals surface area contributed by atoms with E-state index in [1.165, 1.54) is 7.11 Å². The summed E-state index contributed by atoms with van der Waals surface area (Å²) in [6, 6.07) is 14.5. The van der Waals surface area contributed by atoms with E-state index in [4.69, 9.17) is 10.5 Å². The Morgan fingerprint density at radius 1 is 1.14 bits per heavy atom. The first-order valence-electron chi connectivity index (χ1n) is 10.4. The summed E-state index contributed by atoms with van der Waals surface area (Å²) >= 11 is 0. The van der Waals surface area contributed by atoms with Crippen LogP contribution in [0.25, 0.3) is 16.5 Å². The van der Waals surface area contributed by atoms with E-state index in [1.54, 1.807) is 37.7 Å². The molecule has 0 saturated heterocycles. The minimum absolute atomic E-state index is 0.144. The maximum Gasteiger partial charge on any atom is 0.238 e. The maximum absolute atomic E-state index is 13.5. The number of benzene rings is 2. The van der Waals surface area contributed by atoms with Gasteiger partial charge in [-0.3, -0.25) is 9.71 Å². The summed E-state index contributed by atoms with van der Waals surface area (Å²) in [5.41, 5.74) is 9.71. The number of nitrogens with two attached hydrogens (primary N) is 1. The number of fused-ring (bicyclic) bond motifs is 1. The number of nitrogens with zero attached hydrogens (tertiary/aromatic N) is 2. The molecule has 0 aliphatic carbocycles. The molecule has 3 N–H and O–H groups in total. The number of allylic oxidation sites excluding steroid dienone is 2. The van der Waals surface area contributed by atoms with E-state index in [0.29, 0.717) is 11.8 Å². The van der Waals surface area contributed by atoms with Crippen LogP contribution in [0.1, 0.15) is 11.1 Å². The molecule has 0 spiro atoms. The van der Waals surface area contributed by atoms with Gasteiger partial charge in [-0.1, -0.05) is 30.9 Å². The molecule has 0 bridgehead atoms. The third-order valence-corrected chi connectivity index (χ3v) is 5.97. The zero-order chi connectivity index (χ0) is 25.4. The van der Waals surface area contributed by atoms with Crippen LogP contribution in [-0.2, 0) is 11.0 Å². The SMILES string of the molecule is C=C/C(=C\N)c1ccnc2ccccc12.COc1ncc(C)cc1NS(=O)c1ccc(F)cc1F. The minimum atomic E-state index is -1.89. The number of methoxy groups -OCH3 is 1. The van der Waals surface area contributed by atoms with Crippen LogP contribution in [0, 0.1) is 18.6 Å². The lowest BCUT2D eigenvalue weighted by Crippen LogP contribution is -2.09. The highest BCUT2D eigenvalue weighted by Gasteiger charge is 2.14. The summed E-state index contributed by atoms with van der Waals surface area (Å²) in [6.07, 6.45) is 6.69. The molecule has 0 saturated carbocycles. The van der Waals surface area contributed by atoms with Gasteiger partial charge in [0.05, 0.1) is 17.5 Å². The molecular weight excluding hydrogens is 470 g/mol. The molecule has 0 fully saturated rings. The van der Waals surface area contributed by atoms with E-state index in [9.17, 15) is 13.0 Å². The smallest absolute Gasteiger partial charge is 0.238 e. The van der Waals surface area contributed by atoms with E-state index >= 15 is 0 Å². The van der Waals surface area contributed by atoms with Crippen LogP contribution in [0.2, 0.25) is 0 Å². The van der Waals surface area contributed by atoms with Gasteiger partial charge in [0.15, 0.2) is 11.0 Å². The van der Waals surface area contributed by atoms with Gasteiger partial charge < -0.3 is 10.5 Å². The maximum atomic E-state index is 13.5. The predicted molar refractivity (Wildman–Crippen MR) is 136 cm³/mol. The highest BCUT2D eigenvalue weighted by Crippen LogP contribution is 2.25. The number of hydrogen-bond donors (Lipinski definition) is 2. The Labute approximate surface area is 204 Å². The fourth-order valence-corrected chi connectivity index (χ4v) is 4.07. The summed E-state index contributed by atoms with van der Waals surface area (Å²) in [6.45, 7) is 5.55. The van der Waals surface area contributed by atoms with E-state index < -0.39 is 22.6 Å². The van der Waals surface area contributed by atoms with Gasteiger partial charge in [0.25, 0.3) is 0 Å². The Hall–Kier alpha value is -4.11. The minimum Gasteiger partial charge on any atom is -0.480 e. The van der Waals surface area contributed by atoms with E-state index in [0.717, 1.165) is 39.7 Å². The van der Waals surface area contributed by atoms with Crippen molar-refractivity contribution in [3.63, 3.8) is 0 Å². The number of para-hydroxylation sites is 1. The monoisotopic (exact) mass is 494 g/mol. The lowest BCUT2D eigenvalue weighted by molar-refractivity contribution is 0.400. The molecule has 0 aliphatic rings. The summed E-state index contributed by atoms with van der Waals surface area (Å²) in [7, 11) is -0.465. The van der Waals surface area contributed by atoms with Crippen molar-refractivity contribution in [1.29, 1.82) is 0 Å². The van der Waals surface area contributed by atoms with E-state index in [-0.39, 0.29) is 10.8 Å². The molecule has 4 aromatic rings. The molecule has 1 unspecified atom stereocenters. The number of ether oxygens (including phenoxy) is 1. The van der Waals surface area contributed by atoms with Crippen LogP contribution < -0.4 is 15.2 Å². The molecule has 0 radical (unpaired) electrons. The average molecular weight is 495 g/mol. The molecule has 1 atom stereocenters. The molecule has 4 rings (SSSR count). The molecular formula is C26H24F2N4O2S. The number of anilines is 1. The molecule has 0 amide bonds. The Morgan fingerprint density at radius 3 is 2.60 bits per heavy atom. The lowest BCUT2D eigenvalue weighted by Gasteiger charge is -2.10. The zero-order valence-corrected chi connectivity index (χ0v) is 20.0. The summed E-state index contributed by atoms with van der Waals surface area (Å²) in [5.74, 6) is -1.36. The number of halogens is 2. The van der Waals surface area contributed by atoms with Gasteiger partial charge in [-0.05, 0) is 54.0 Å². The average Bonchev–Trinajstić information content (AvgIpc) is 2.85. The van der Waals surface area contributed by atoms with E-state index in [1.807, 2.05) is 30.3 Å². The van der Waals surface area contributed by atoms with Crippen molar-refractivity contribution in [3.8, 4) is 5.88 Å². The van der Waals surface area contributed by atoms with Crippen LogP contribution in [0.4, 0.5) is 14.5 Å². The van der Waals surface area contributed by atoms with Crippen LogP contribution in [-0.4, -0.2) is 21.3 Å². The van der Waals surface area contributed by atoms with Crippen molar-refractivity contribution in [2.45, 2.75) is 11.8 Å². The summed E-state index contributed by atoms with van der Waals surface area (Å²) in [4.78, 5) is 8.15. The van der Waals surface area contributed by atoms with Crippen molar-refractivity contribution in [1.82, 2.24) is 9.97 Å². The Bertz CT molecular complexity index is 1400. The highest BCUT2D eigenvalue weighted by atomic mass is 32.2. The van der Waals surface area contributed by atoms with Gasteiger partial charge in [0.2, 0.25) is 5.88 Å². The topological polar surface area (TPSA) is 90.1 Å².